The summed E-state index contributed by atoms with van der Waals surface area (Å²) in [7, 11) is 1.85. The molecule has 1 rings (SSSR count). The monoisotopic (exact) mass is 209 g/mol. The number of carboxylic acids is 1. The summed E-state index contributed by atoms with van der Waals surface area (Å²) in [5.41, 5.74) is 1.16. The van der Waals surface area contributed by atoms with Crippen LogP contribution in [0.5, 0.6) is 0 Å². The van der Waals surface area contributed by atoms with Crippen LogP contribution in [-0.2, 0) is 0 Å². The van der Waals surface area contributed by atoms with Gasteiger partial charge in [0.15, 0.2) is 0 Å². The summed E-state index contributed by atoms with van der Waals surface area (Å²) in [5, 5.41) is 17.9. The van der Waals surface area contributed by atoms with E-state index in [1.807, 2.05) is 11.9 Å². The van der Waals surface area contributed by atoms with Crippen LogP contribution in [0, 0.1) is 0 Å². The summed E-state index contributed by atoms with van der Waals surface area (Å²) >= 11 is 0. The van der Waals surface area contributed by atoms with Crippen molar-refractivity contribution in [3.63, 3.8) is 0 Å². The zero-order valence-corrected chi connectivity index (χ0v) is 8.84. The molecule has 1 atom stereocenters. The molecule has 4 nitrogen and oxygen atoms in total. The molecular formula is C11H15NO3. The second kappa shape index (κ2) is 4.79. The molecule has 15 heavy (non-hydrogen) atoms. The maximum Gasteiger partial charge on any atom is 0.335 e. The molecule has 0 aromatic heterocycles. The van der Waals surface area contributed by atoms with Crippen molar-refractivity contribution in [2.45, 2.75) is 13.0 Å². The number of nitrogens with zero attached hydrogens (tertiary/aromatic N) is 1. The van der Waals surface area contributed by atoms with Crippen LogP contribution in [0.15, 0.2) is 24.3 Å². The fraction of sp³-hybridized carbons (Fsp3) is 0.364. The Hall–Kier alpha value is -1.55. The smallest absolute Gasteiger partial charge is 0.335 e. The van der Waals surface area contributed by atoms with Gasteiger partial charge in [-0.25, -0.2) is 4.79 Å². The Kier molecular flexibility index (Phi) is 3.68. The molecule has 0 heterocycles. The lowest BCUT2D eigenvalue weighted by atomic mass is 10.2. The Morgan fingerprint density at radius 2 is 1.93 bits per heavy atom. The highest BCUT2D eigenvalue weighted by atomic mass is 16.4. The number of carboxylic acid groups (broad SMARTS) is 1. The molecule has 0 amide bonds. The molecule has 0 radical (unpaired) electrons. The zero-order chi connectivity index (χ0) is 11.4. The number of aliphatic hydroxyl groups is 1. The van der Waals surface area contributed by atoms with Gasteiger partial charge < -0.3 is 15.1 Å². The van der Waals surface area contributed by atoms with E-state index >= 15 is 0 Å². The SMILES string of the molecule is CC(O)CN(C)c1ccc(C(=O)O)cc1. The molecule has 1 unspecified atom stereocenters. The van der Waals surface area contributed by atoms with Crippen LogP contribution in [-0.4, -0.2) is 35.9 Å². The number of likely N-dealkylation sites (N-methyl/N-ethyl adjacent to an activating group) is 1. The van der Waals surface area contributed by atoms with E-state index in [1.54, 1.807) is 31.2 Å². The molecule has 0 saturated heterocycles. The molecule has 0 aliphatic carbocycles. The molecule has 82 valence electrons. The fourth-order valence-corrected chi connectivity index (χ4v) is 1.36. The maximum absolute atomic E-state index is 10.6. The van der Waals surface area contributed by atoms with Crippen molar-refractivity contribution in [2.75, 3.05) is 18.5 Å². The minimum absolute atomic E-state index is 0.268. The summed E-state index contributed by atoms with van der Waals surface area (Å²) in [5.74, 6) is -0.931. The van der Waals surface area contributed by atoms with E-state index in [-0.39, 0.29) is 5.56 Å². The van der Waals surface area contributed by atoms with Crippen molar-refractivity contribution in [3.8, 4) is 0 Å². The Morgan fingerprint density at radius 1 is 1.40 bits per heavy atom. The molecule has 0 fully saturated rings. The van der Waals surface area contributed by atoms with Crippen LogP contribution in [0.2, 0.25) is 0 Å². The van der Waals surface area contributed by atoms with Crippen LogP contribution in [0.4, 0.5) is 5.69 Å². The highest BCUT2D eigenvalue weighted by Crippen LogP contribution is 2.13. The first kappa shape index (κ1) is 11.5. The van der Waals surface area contributed by atoms with Gasteiger partial charge >= 0.3 is 5.97 Å². The van der Waals surface area contributed by atoms with E-state index < -0.39 is 12.1 Å². The lowest BCUT2D eigenvalue weighted by Gasteiger charge is -2.20. The van der Waals surface area contributed by atoms with Gasteiger partial charge in [0, 0.05) is 19.3 Å². The highest BCUT2D eigenvalue weighted by Gasteiger charge is 2.06. The number of aromatic carboxylic acids is 1. The van der Waals surface area contributed by atoms with Gasteiger partial charge in [0.2, 0.25) is 0 Å². The topological polar surface area (TPSA) is 60.8 Å². The summed E-state index contributed by atoms with van der Waals surface area (Å²) in [6.07, 6.45) is -0.408. The normalized spacial score (nSPS) is 12.2. The number of aliphatic hydroxyl groups excluding tert-OH is 1. The predicted octanol–water partition coefficient (Wildman–Crippen LogP) is 1.20. The molecule has 0 aliphatic heterocycles. The van der Waals surface area contributed by atoms with Crippen molar-refractivity contribution in [1.82, 2.24) is 0 Å². The highest BCUT2D eigenvalue weighted by molar-refractivity contribution is 5.88. The first-order valence-electron chi connectivity index (χ1n) is 4.73. The Bertz CT molecular complexity index is 332. The van der Waals surface area contributed by atoms with Gasteiger partial charge in [-0.05, 0) is 31.2 Å². The third-order valence-corrected chi connectivity index (χ3v) is 2.09. The summed E-state index contributed by atoms with van der Waals surface area (Å²) < 4.78 is 0. The Balaban J connectivity index is 2.75. The lowest BCUT2D eigenvalue weighted by molar-refractivity contribution is 0.0697. The van der Waals surface area contributed by atoms with E-state index in [1.165, 1.54) is 0 Å². The fourth-order valence-electron chi connectivity index (χ4n) is 1.36. The number of hydrogen-bond acceptors (Lipinski definition) is 3. The van der Waals surface area contributed by atoms with Crippen LogP contribution in [0.1, 0.15) is 17.3 Å². The average Bonchev–Trinajstić information content (AvgIpc) is 2.17. The molecule has 0 aliphatic rings. The minimum Gasteiger partial charge on any atom is -0.478 e. The maximum atomic E-state index is 10.6. The van der Waals surface area contributed by atoms with Crippen LogP contribution >= 0.6 is 0 Å². The van der Waals surface area contributed by atoms with E-state index in [4.69, 9.17) is 5.11 Å². The van der Waals surface area contributed by atoms with Gasteiger partial charge in [0.1, 0.15) is 0 Å². The quantitative estimate of drug-likeness (QED) is 0.782. The van der Waals surface area contributed by atoms with Gasteiger partial charge in [0.25, 0.3) is 0 Å². The Labute approximate surface area is 88.8 Å². The van der Waals surface area contributed by atoms with Gasteiger partial charge in [-0.2, -0.15) is 0 Å². The average molecular weight is 209 g/mol. The standard InChI is InChI=1S/C11H15NO3/c1-8(13)7-12(2)10-5-3-9(4-6-10)11(14)15/h3-6,8,13H,7H2,1-2H3,(H,14,15). The number of benzene rings is 1. The van der Waals surface area contributed by atoms with Crippen LogP contribution < -0.4 is 4.90 Å². The largest absolute Gasteiger partial charge is 0.478 e. The first-order chi connectivity index (χ1) is 7.00. The summed E-state index contributed by atoms with van der Waals surface area (Å²) in [4.78, 5) is 12.5. The molecular weight excluding hydrogens is 194 g/mol. The third kappa shape index (κ3) is 3.25. The van der Waals surface area contributed by atoms with Gasteiger partial charge in [0.05, 0.1) is 11.7 Å². The van der Waals surface area contributed by atoms with Crippen LogP contribution in [0.25, 0.3) is 0 Å². The van der Waals surface area contributed by atoms with E-state index in [0.29, 0.717) is 6.54 Å². The number of anilines is 1. The minimum atomic E-state index is -0.931. The molecule has 2 N–H and O–H groups in total. The zero-order valence-electron chi connectivity index (χ0n) is 8.84. The number of carbonyl (C=O) groups is 1. The summed E-state index contributed by atoms with van der Waals surface area (Å²) in [6.45, 7) is 2.23. The van der Waals surface area contributed by atoms with Crippen molar-refractivity contribution < 1.29 is 15.0 Å². The predicted molar refractivity (Wildman–Crippen MR) is 58.4 cm³/mol. The van der Waals surface area contributed by atoms with Crippen molar-refractivity contribution >= 4 is 11.7 Å². The first-order valence-corrected chi connectivity index (χ1v) is 4.73. The Morgan fingerprint density at radius 3 is 2.33 bits per heavy atom. The molecule has 1 aromatic carbocycles. The van der Waals surface area contributed by atoms with E-state index in [9.17, 15) is 9.90 Å². The molecule has 0 spiro atoms. The van der Waals surface area contributed by atoms with Crippen molar-refractivity contribution in [3.05, 3.63) is 29.8 Å². The van der Waals surface area contributed by atoms with Crippen LogP contribution in [0.3, 0.4) is 0 Å². The third-order valence-electron chi connectivity index (χ3n) is 2.09. The second-order valence-corrected chi connectivity index (χ2v) is 3.58. The van der Waals surface area contributed by atoms with Gasteiger partial charge in [-0.15, -0.1) is 0 Å². The van der Waals surface area contributed by atoms with E-state index in [2.05, 4.69) is 0 Å². The van der Waals surface area contributed by atoms with Crippen molar-refractivity contribution in [1.29, 1.82) is 0 Å². The van der Waals surface area contributed by atoms with Gasteiger partial charge in [-0.3, -0.25) is 0 Å². The molecule has 0 bridgehead atoms. The van der Waals surface area contributed by atoms with Crippen molar-refractivity contribution in [2.24, 2.45) is 0 Å². The van der Waals surface area contributed by atoms with Gasteiger partial charge in [-0.1, -0.05) is 0 Å². The summed E-state index contributed by atoms with van der Waals surface area (Å²) in [6, 6.07) is 6.56. The molecule has 0 saturated carbocycles. The lowest BCUT2D eigenvalue weighted by Crippen LogP contribution is -2.26. The molecule has 1 aromatic rings. The van der Waals surface area contributed by atoms with E-state index in [0.717, 1.165) is 5.69 Å². The number of rotatable bonds is 4. The number of hydrogen-bond donors (Lipinski definition) is 2. The second-order valence-electron chi connectivity index (χ2n) is 3.58. The molecule has 4 heteroatoms.